The molecular formula is C9H19N. The van der Waals surface area contributed by atoms with Gasteiger partial charge in [-0.25, -0.2) is 0 Å². The lowest BCUT2D eigenvalue weighted by Crippen LogP contribution is -2.25. The molecule has 0 aliphatic rings. The predicted octanol–water partition coefficient (Wildman–Crippen LogP) is 2.34. The Morgan fingerprint density at radius 3 is 2.50 bits per heavy atom. The topological polar surface area (TPSA) is 12.0 Å². The lowest BCUT2D eigenvalue weighted by Gasteiger charge is -2.14. The molecule has 0 aliphatic heterocycles. The predicted molar refractivity (Wildman–Crippen MR) is 47.2 cm³/mol. The van der Waals surface area contributed by atoms with E-state index in [0.29, 0.717) is 6.04 Å². The normalized spacial score (nSPS) is 13.1. The standard InChI is InChI=1S/C9H19N/c1-5-6-7-9(10-4)8(2)3/h9-10H,2,5-7H2,1,3-4H3. The van der Waals surface area contributed by atoms with Crippen LogP contribution in [0.5, 0.6) is 0 Å². The van der Waals surface area contributed by atoms with E-state index in [1.807, 2.05) is 7.05 Å². The third-order valence-corrected chi connectivity index (χ3v) is 1.79. The van der Waals surface area contributed by atoms with E-state index in [9.17, 15) is 0 Å². The molecule has 10 heavy (non-hydrogen) atoms. The van der Waals surface area contributed by atoms with Crippen LogP contribution in [-0.2, 0) is 0 Å². The van der Waals surface area contributed by atoms with Gasteiger partial charge in [0.25, 0.3) is 0 Å². The van der Waals surface area contributed by atoms with Crippen molar-refractivity contribution in [2.24, 2.45) is 0 Å². The molecule has 1 nitrogen and oxygen atoms in total. The van der Waals surface area contributed by atoms with Crippen molar-refractivity contribution in [3.63, 3.8) is 0 Å². The lowest BCUT2D eigenvalue weighted by atomic mass is 10.0. The molecule has 0 aromatic heterocycles. The number of hydrogen-bond acceptors (Lipinski definition) is 1. The van der Waals surface area contributed by atoms with Crippen LogP contribution >= 0.6 is 0 Å². The molecule has 0 fully saturated rings. The summed E-state index contributed by atoms with van der Waals surface area (Å²) in [7, 11) is 2.00. The Morgan fingerprint density at radius 2 is 2.20 bits per heavy atom. The van der Waals surface area contributed by atoms with Crippen LogP contribution in [0.3, 0.4) is 0 Å². The van der Waals surface area contributed by atoms with E-state index >= 15 is 0 Å². The minimum absolute atomic E-state index is 0.528. The van der Waals surface area contributed by atoms with E-state index in [2.05, 4.69) is 25.7 Å². The Labute approximate surface area is 64.5 Å². The van der Waals surface area contributed by atoms with Gasteiger partial charge in [-0.3, -0.25) is 0 Å². The Balaban J connectivity index is 3.50. The van der Waals surface area contributed by atoms with Gasteiger partial charge >= 0.3 is 0 Å². The molecule has 0 aromatic rings. The molecule has 0 heterocycles. The SMILES string of the molecule is C=C(C)C(CCCC)NC. The van der Waals surface area contributed by atoms with Crippen LogP contribution < -0.4 is 5.32 Å². The van der Waals surface area contributed by atoms with Gasteiger partial charge in [0, 0.05) is 6.04 Å². The summed E-state index contributed by atoms with van der Waals surface area (Å²) in [4.78, 5) is 0. The number of unbranched alkanes of at least 4 members (excludes halogenated alkanes) is 1. The summed E-state index contributed by atoms with van der Waals surface area (Å²) in [6.07, 6.45) is 3.78. The van der Waals surface area contributed by atoms with Crippen molar-refractivity contribution in [1.29, 1.82) is 0 Å². The molecule has 0 bridgehead atoms. The van der Waals surface area contributed by atoms with Crippen molar-refractivity contribution in [2.75, 3.05) is 7.05 Å². The van der Waals surface area contributed by atoms with Crippen LogP contribution in [0.15, 0.2) is 12.2 Å². The van der Waals surface area contributed by atoms with Crippen molar-refractivity contribution in [1.82, 2.24) is 5.32 Å². The molecule has 1 unspecified atom stereocenters. The minimum atomic E-state index is 0.528. The fraction of sp³-hybridized carbons (Fsp3) is 0.778. The van der Waals surface area contributed by atoms with Gasteiger partial charge in [0.2, 0.25) is 0 Å². The third kappa shape index (κ3) is 3.67. The Bertz CT molecular complexity index is 96.9. The van der Waals surface area contributed by atoms with Crippen molar-refractivity contribution in [3.05, 3.63) is 12.2 Å². The van der Waals surface area contributed by atoms with Gasteiger partial charge in [-0.2, -0.15) is 0 Å². The van der Waals surface area contributed by atoms with Crippen LogP contribution in [0.25, 0.3) is 0 Å². The van der Waals surface area contributed by atoms with Crippen LogP contribution in [0, 0.1) is 0 Å². The largest absolute Gasteiger partial charge is 0.313 e. The summed E-state index contributed by atoms with van der Waals surface area (Å²) in [5.41, 5.74) is 1.25. The van der Waals surface area contributed by atoms with E-state index in [-0.39, 0.29) is 0 Å². The van der Waals surface area contributed by atoms with Gasteiger partial charge in [0.05, 0.1) is 0 Å². The molecule has 0 amide bonds. The van der Waals surface area contributed by atoms with Crippen LogP contribution in [0.1, 0.15) is 33.1 Å². The second-order valence-electron chi connectivity index (χ2n) is 2.83. The monoisotopic (exact) mass is 141 g/mol. The first-order chi connectivity index (χ1) is 4.72. The molecule has 0 radical (unpaired) electrons. The minimum Gasteiger partial charge on any atom is -0.313 e. The summed E-state index contributed by atoms with van der Waals surface area (Å²) in [5, 5.41) is 3.24. The molecular weight excluding hydrogens is 122 g/mol. The zero-order valence-corrected chi connectivity index (χ0v) is 7.41. The van der Waals surface area contributed by atoms with E-state index < -0.39 is 0 Å². The maximum atomic E-state index is 3.92. The van der Waals surface area contributed by atoms with Crippen LogP contribution in [-0.4, -0.2) is 13.1 Å². The summed E-state index contributed by atoms with van der Waals surface area (Å²) in [6.45, 7) is 8.21. The maximum absolute atomic E-state index is 3.92. The van der Waals surface area contributed by atoms with E-state index in [1.165, 1.54) is 24.8 Å². The number of nitrogens with one attached hydrogen (secondary N) is 1. The third-order valence-electron chi connectivity index (χ3n) is 1.79. The molecule has 0 spiro atoms. The number of hydrogen-bond donors (Lipinski definition) is 1. The van der Waals surface area contributed by atoms with E-state index in [0.717, 1.165) is 0 Å². The highest BCUT2D eigenvalue weighted by Gasteiger charge is 2.03. The maximum Gasteiger partial charge on any atom is 0.0271 e. The lowest BCUT2D eigenvalue weighted by molar-refractivity contribution is 0.558. The molecule has 0 rings (SSSR count). The first-order valence-corrected chi connectivity index (χ1v) is 4.05. The molecule has 0 aliphatic carbocycles. The van der Waals surface area contributed by atoms with Crippen molar-refractivity contribution in [2.45, 2.75) is 39.2 Å². The van der Waals surface area contributed by atoms with Crippen LogP contribution in [0.4, 0.5) is 0 Å². The molecule has 60 valence electrons. The molecule has 0 aromatic carbocycles. The smallest absolute Gasteiger partial charge is 0.0271 e. The Kier molecular flexibility index (Phi) is 5.32. The number of likely N-dealkylation sites (N-methyl/N-ethyl adjacent to an activating group) is 1. The second-order valence-corrected chi connectivity index (χ2v) is 2.83. The molecule has 1 atom stereocenters. The molecule has 1 N–H and O–H groups in total. The average Bonchev–Trinajstić information content (AvgIpc) is 1.89. The zero-order chi connectivity index (χ0) is 7.98. The first kappa shape index (κ1) is 9.70. The fourth-order valence-electron chi connectivity index (χ4n) is 1.05. The Morgan fingerprint density at radius 1 is 1.60 bits per heavy atom. The van der Waals surface area contributed by atoms with Crippen molar-refractivity contribution < 1.29 is 0 Å². The highest BCUT2D eigenvalue weighted by atomic mass is 14.9. The molecule has 1 heteroatoms. The van der Waals surface area contributed by atoms with Crippen molar-refractivity contribution >= 4 is 0 Å². The average molecular weight is 141 g/mol. The zero-order valence-electron chi connectivity index (χ0n) is 7.41. The van der Waals surface area contributed by atoms with Gasteiger partial charge in [-0.05, 0) is 20.4 Å². The first-order valence-electron chi connectivity index (χ1n) is 4.05. The van der Waals surface area contributed by atoms with E-state index in [1.54, 1.807) is 0 Å². The molecule has 0 saturated heterocycles. The number of rotatable bonds is 5. The summed E-state index contributed by atoms with van der Waals surface area (Å²) < 4.78 is 0. The van der Waals surface area contributed by atoms with Gasteiger partial charge in [0.1, 0.15) is 0 Å². The molecule has 0 saturated carbocycles. The fourth-order valence-corrected chi connectivity index (χ4v) is 1.05. The second kappa shape index (κ2) is 5.48. The Hall–Kier alpha value is -0.300. The van der Waals surface area contributed by atoms with Gasteiger partial charge in [-0.15, -0.1) is 0 Å². The quantitative estimate of drug-likeness (QED) is 0.579. The highest BCUT2D eigenvalue weighted by Crippen LogP contribution is 2.06. The summed E-state index contributed by atoms with van der Waals surface area (Å²) in [5.74, 6) is 0. The van der Waals surface area contributed by atoms with Gasteiger partial charge in [-0.1, -0.05) is 31.9 Å². The summed E-state index contributed by atoms with van der Waals surface area (Å²) >= 11 is 0. The van der Waals surface area contributed by atoms with Gasteiger partial charge < -0.3 is 5.32 Å². The highest BCUT2D eigenvalue weighted by molar-refractivity contribution is 5.00. The van der Waals surface area contributed by atoms with E-state index in [4.69, 9.17) is 0 Å². The van der Waals surface area contributed by atoms with Crippen LogP contribution in [0.2, 0.25) is 0 Å². The van der Waals surface area contributed by atoms with Crippen molar-refractivity contribution in [3.8, 4) is 0 Å². The van der Waals surface area contributed by atoms with Gasteiger partial charge in [0.15, 0.2) is 0 Å². The summed E-state index contributed by atoms with van der Waals surface area (Å²) in [6, 6.07) is 0.528.